The van der Waals surface area contributed by atoms with Gasteiger partial charge in [0, 0.05) is 0 Å². The van der Waals surface area contributed by atoms with Gasteiger partial charge in [-0.15, -0.1) is 0 Å². The zero-order valence-electron chi connectivity index (χ0n) is 26.5. The summed E-state index contributed by atoms with van der Waals surface area (Å²) in [5.74, 6) is 1.48. The van der Waals surface area contributed by atoms with E-state index in [1.807, 2.05) is 0 Å². The van der Waals surface area contributed by atoms with Gasteiger partial charge in [0.25, 0.3) is 0 Å². The summed E-state index contributed by atoms with van der Waals surface area (Å²) in [5, 5.41) is 22.9. The number of aromatic hydroxyl groups is 2. The monoisotopic (exact) mass is 546 g/mol. The largest absolute Gasteiger partial charge is 0.507 e. The lowest BCUT2D eigenvalue weighted by Crippen LogP contribution is -2.30. The molecular weight excluding hydrogens is 500 g/mol. The molecule has 1 aliphatic carbocycles. The molecule has 41 heavy (non-hydrogen) atoms. The fourth-order valence-corrected chi connectivity index (χ4v) is 6.89. The molecule has 0 radical (unpaired) electrons. The molecule has 0 heterocycles. The lowest BCUT2D eigenvalue weighted by atomic mass is 9.65. The number of phenolic OH excluding ortho intramolecular Hbond substituents is 2. The van der Waals surface area contributed by atoms with Gasteiger partial charge in [-0.2, -0.15) is 0 Å². The van der Waals surface area contributed by atoms with Crippen LogP contribution in [0.25, 0.3) is 11.1 Å². The first-order chi connectivity index (χ1) is 19.3. The predicted molar refractivity (Wildman–Crippen MR) is 173 cm³/mol. The zero-order valence-corrected chi connectivity index (χ0v) is 26.5. The Balaban J connectivity index is 2.07. The third-order valence-corrected chi connectivity index (χ3v) is 9.14. The molecule has 4 aromatic carbocycles. The van der Waals surface area contributed by atoms with Crippen LogP contribution >= 0.6 is 0 Å². The van der Waals surface area contributed by atoms with Crippen LogP contribution in [-0.4, -0.2) is 10.2 Å². The molecule has 0 aromatic heterocycles. The van der Waals surface area contributed by atoms with Crippen molar-refractivity contribution in [2.45, 2.75) is 98.3 Å². The van der Waals surface area contributed by atoms with Crippen LogP contribution in [-0.2, 0) is 5.41 Å². The fourth-order valence-electron chi connectivity index (χ4n) is 6.89. The summed E-state index contributed by atoms with van der Waals surface area (Å²) < 4.78 is 0. The van der Waals surface area contributed by atoms with E-state index in [1.54, 1.807) is 0 Å². The van der Waals surface area contributed by atoms with Gasteiger partial charge in [0.2, 0.25) is 0 Å². The summed E-state index contributed by atoms with van der Waals surface area (Å²) >= 11 is 0. The van der Waals surface area contributed by atoms with Crippen LogP contribution in [0.3, 0.4) is 0 Å². The number of fused-ring (bicyclic) bond motifs is 3. The summed E-state index contributed by atoms with van der Waals surface area (Å²) in [6.07, 6.45) is 0. The van der Waals surface area contributed by atoms with Gasteiger partial charge >= 0.3 is 0 Å². The average Bonchev–Trinajstić information content (AvgIpc) is 3.17. The molecule has 1 aliphatic rings. The molecule has 0 bridgehead atoms. The van der Waals surface area contributed by atoms with Crippen molar-refractivity contribution >= 4 is 0 Å². The maximum atomic E-state index is 11.5. The van der Waals surface area contributed by atoms with Crippen molar-refractivity contribution in [3.05, 3.63) is 116 Å². The minimum absolute atomic E-state index is 0.164. The highest BCUT2D eigenvalue weighted by molar-refractivity contribution is 5.87. The summed E-state index contributed by atoms with van der Waals surface area (Å²) in [7, 11) is 0. The van der Waals surface area contributed by atoms with Gasteiger partial charge in [-0.3, -0.25) is 0 Å². The van der Waals surface area contributed by atoms with E-state index in [-0.39, 0.29) is 23.7 Å². The van der Waals surface area contributed by atoms with Crippen molar-refractivity contribution < 1.29 is 10.2 Å². The van der Waals surface area contributed by atoms with E-state index >= 15 is 0 Å². The number of hydrogen-bond donors (Lipinski definition) is 2. The second-order valence-electron chi connectivity index (χ2n) is 13.5. The summed E-state index contributed by atoms with van der Waals surface area (Å²) in [4.78, 5) is 0. The highest BCUT2D eigenvalue weighted by Crippen LogP contribution is 2.58. The Bertz CT molecular complexity index is 1450. The van der Waals surface area contributed by atoms with Crippen molar-refractivity contribution in [2.24, 2.45) is 0 Å². The second-order valence-corrected chi connectivity index (χ2v) is 13.5. The van der Waals surface area contributed by atoms with E-state index in [4.69, 9.17) is 0 Å². The van der Waals surface area contributed by atoms with Crippen molar-refractivity contribution in [2.75, 3.05) is 0 Å². The Hall–Kier alpha value is -3.52. The molecule has 2 heteroatoms. The maximum Gasteiger partial charge on any atom is 0.122 e. The highest BCUT2D eigenvalue weighted by Gasteiger charge is 2.47. The number of aryl methyl sites for hydroxylation is 2. The molecule has 5 rings (SSSR count). The first kappa shape index (κ1) is 29.0. The lowest BCUT2D eigenvalue weighted by Gasteiger charge is -2.37. The molecule has 2 N–H and O–H groups in total. The summed E-state index contributed by atoms with van der Waals surface area (Å²) in [6, 6.07) is 22.7. The van der Waals surface area contributed by atoms with Crippen LogP contribution in [0.1, 0.15) is 135 Å². The molecule has 0 unspecified atom stereocenters. The van der Waals surface area contributed by atoms with Crippen LogP contribution in [0.5, 0.6) is 11.5 Å². The average molecular weight is 547 g/mol. The van der Waals surface area contributed by atoms with Crippen LogP contribution in [0.15, 0.2) is 60.7 Å². The SMILES string of the molecule is Cc1ccc2c(c1)C(c1cc(C(C)C)c(O)c(C(C)C)c1)(c1cc(C(C)C)c(O)c(C(C)C)c1)c1cc(C)ccc1-2. The van der Waals surface area contributed by atoms with Gasteiger partial charge in [0.15, 0.2) is 0 Å². The third-order valence-electron chi connectivity index (χ3n) is 9.14. The molecule has 0 saturated heterocycles. The minimum Gasteiger partial charge on any atom is -0.507 e. The van der Waals surface area contributed by atoms with E-state index in [0.717, 1.165) is 22.3 Å². The Morgan fingerprint density at radius 1 is 0.463 bits per heavy atom. The second kappa shape index (κ2) is 10.4. The van der Waals surface area contributed by atoms with Crippen molar-refractivity contribution in [3.63, 3.8) is 0 Å². The van der Waals surface area contributed by atoms with E-state index in [9.17, 15) is 10.2 Å². The first-order valence-electron chi connectivity index (χ1n) is 15.3. The summed E-state index contributed by atoms with van der Waals surface area (Å²) in [5.41, 5.74) is 13.1. The number of hydrogen-bond acceptors (Lipinski definition) is 2. The highest BCUT2D eigenvalue weighted by atomic mass is 16.3. The van der Waals surface area contributed by atoms with E-state index in [2.05, 4.69) is 130 Å². The van der Waals surface area contributed by atoms with Crippen LogP contribution in [0.4, 0.5) is 0 Å². The first-order valence-corrected chi connectivity index (χ1v) is 15.3. The smallest absolute Gasteiger partial charge is 0.122 e. The van der Waals surface area contributed by atoms with Crippen molar-refractivity contribution in [3.8, 4) is 22.6 Å². The fraction of sp³-hybridized carbons (Fsp3) is 0.385. The van der Waals surface area contributed by atoms with Gasteiger partial charge in [0.05, 0.1) is 5.41 Å². The molecule has 2 nitrogen and oxygen atoms in total. The third kappa shape index (κ3) is 4.47. The van der Waals surface area contributed by atoms with Gasteiger partial charge in [0.1, 0.15) is 11.5 Å². The Morgan fingerprint density at radius 2 is 0.756 bits per heavy atom. The molecule has 0 aliphatic heterocycles. The summed E-state index contributed by atoms with van der Waals surface area (Å²) in [6.45, 7) is 21.6. The van der Waals surface area contributed by atoms with E-state index in [1.165, 1.54) is 44.5 Å². The zero-order chi connectivity index (χ0) is 30.0. The minimum atomic E-state index is -0.606. The molecule has 0 saturated carbocycles. The van der Waals surface area contributed by atoms with E-state index < -0.39 is 5.41 Å². The van der Waals surface area contributed by atoms with Crippen molar-refractivity contribution in [1.82, 2.24) is 0 Å². The van der Waals surface area contributed by atoms with Crippen LogP contribution in [0.2, 0.25) is 0 Å². The number of rotatable bonds is 6. The number of phenols is 2. The van der Waals surface area contributed by atoms with Gasteiger partial charge < -0.3 is 10.2 Å². The lowest BCUT2D eigenvalue weighted by molar-refractivity contribution is 0.453. The number of benzene rings is 4. The van der Waals surface area contributed by atoms with Crippen molar-refractivity contribution in [1.29, 1.82) is 0 Å². The normalized spacial score (nSPS) is 13.9. The quantitative estimate of drug-likeness (QED) is 0.222. The molecule has 214 valence electrons. The maximum absolute atomic E-state index is 11.5. The van der Waals surface area contributed by atoms with E-state index in [0.29, 0.717) is 11.5 Å². The Morgan fingerprint density at radius 3 is 1.02 bits per heavy atom. The predicted octanol–water partition coefficient (Wildman–Crippen LogP) is 10.6. The van der Waals surface area contributed by atoms with Gasteiger partial charge in [-0.25, -0.2) is 0 Å². The topological polar surface area (TPSA) is 40.5 Å². The molecule has 0 atom stereocenters. The molecule has 4 aromatic rings. The van der Waals surface area contributed by atoms with Crippen LogP contribution in [0, 0.1) is 13.8 Å². The molecule has 0 spiro atoms. The molecular formula is C39H46O2. The van der Waals surface area contributed by atoms with Gasteiger partial charge in [-0.1, -0.05) is 127 Å². The molecule has 0 fully saturated rings. The Labute approximate surface area is 247 Å². The van der Waals surface area contributed by atoms with Gasteiger partial charge in [-0.05, 0) is 93.2 Å². The van der Waals surface area contributed by atoms with Crippen LogP contribution < -0.4 is 0 Å². The molecule has 0 amide bonds. The Kier molecular flexibility index (Phi) is 7.35. The standard InChI is InChI=1S/C39H46O2/c1-21(2)31-17-27(18-32(22(3)4)37(31)40)39(28-19-33(23(5)6)38(41)34(20-28)24(7)8)35-15-25(9)11-13-29(35)30-14-12-26(10)16-36(30)39/h11-24,40-41H,1-10H3.